The van der Waals surface area contributed by atoms with Gasteiger partial charge in [0.25, 0.3) is 5.91 Å². The van der Waals surface area contributed by atoms with Crippen LogP contribution in [0.1, 0.15) is 40.4 Å². The fourth-order valence-corrected chi connectivity index (χ4v) is 3.20. The number of nitrogens with zero attached hydrogens (tertiary/aromatic N) is 4. The van der Waals surface area contributed by atoms with Crippen LogP contribution < -0.4 is 5.32 Å². The first-order chi connectivity index (χ1) is 14.4. The monoisotopic (exact) mass is 405 g/mol. The van der Waals surface area contributed by atoms with E-state index in [2.05, 4.69) is 20.8 Å². The molecule has 0 saturated carbocycles. The van der Waals surface area contributed by atoms with E-state index in [4.69, 9.17) is 4.42 Å². The third-order valence-corrected chi connectivity index (χ3v) is 4.76. The summed E-state index contributed by atoms with van der Waals surface area (Å²) in [5.41, 5.74) is 2.65. The standard InChI is InChI=1S/C22H20FN5O2/c1-13-4-6-19(20(23)8-13)16-9-17(11-18(10-16)28-12-24-26-27-28)22(29)25-15(3)21-7-5-14(2)30-21/h4-12,15H,1-3H3,(H,25,29). The van der Waals surface area contributed by atoms with E-state index in [0.717, 1.165) is 11.3 Å². The topological polar surface area (TPSA) is 85.8 Å². The summed E-state index contributed by atoms with van der Waals surface area (Å²) in [6.45, 7) is 5.50. The fourth-order valence-electron chi connectivity index (χ4n) is 3.20. The van der Waals surface area contributed by atoms with Gasteiger partial charge in [0.1, 0.15) is 23.7 Å². The van der Waals surface area contributed by atoms with Crippen molar-refractivity contribution >= 4 is 5.91 Å². The quantitative estimate of drug-likeness (QED) is 0.539. The number of rotatable bonds is 5. The number of carbonyl (C=O) groups excluding carboxylic acids is 1. The first kappa shape index (κ1) is 19.5. The Bertz CT molecular complexity index is 1200. The Hall–Kier alpha value is -3.81. The highest BCUT2D eigenvalue weighted by Crippen LogP contribution is 2.27. The van der Waals surface area contributed by atoms with Crippen molar-refractivity contribution in [2.45, 2.75) is 26.8 Å². The van der Waals surface area contributed by atoms with Gasteiger partial charge in [0.2, 0.25) is 0 Å². The molecule has 2 aromatic carbocycles. The summed E-state index contributed by atoms with van der Waals surface area (Å²) in [5, 5.41) is 14.1. The van der Waals surface area contributed by atoms with E-state index in [1.807, 2.05) is 39.0 Å². The van der Waals surface area contributed by atoms with Gasteiger partial charge in [0.15, 0.2) is 0 Å². The molecule has 0 saturated heterocycles. The molecule has 1 amide bonds. The Labute approximate surface area is 172 Å². The molecule has 0 bridgehead atoms. The summed E-state index contributed by atoms with van der Waals surface area (Å²) in [7, 11) is 0. The van der Waals surface area contributed by atoms with Crippen LogP contribution in [0, 0.1) is 19.7 Å². The average molecular weight is 405 g/mol. The summed E-state index contributed by atoms with van der Waals surface area (Å²) in [6.07, 6.45) is 1.42. The van der Waals surface area contributed by atoms with Gasteiger partial charge in [-0.3, -0.25) is 4.79 Å². The molecular weight excluding hydrogens is 385 g/mol. The molecule has 2 heterocycles. The highest BCUT2D eigenvalue weighted by atomic mass is 19.1. The molecule has 0 aliphatic rings. The molecule has 7 nitrogen and oxygen atoms in total. The van der Waals surface area contributed by atoms with Gasteiger partial charge >= 0.3 is 0 Å². The molecule has 1 N–H and O–H groups in total. The van der Waals surface area contributed by atoms with Gasteiger partial charge in [-0.1, -0.05) is 12.1 Å². The third-order valence-electron chi connectivity index (χ3n) is 4.76. The zero-order valence-corrected chi connectivity index (χ0v) is 16.8. The van der Waals surface area contributed by atoms with Gasteiger partial charge in [-0.05, 0) is 78.7 Å². The van der Waals surface area contributed by atoms with E-state index in [1.54, 1.807) is 24.3 Å². The van der Waals surface area contributed by atoms with Crippen LogP contribution in [0.25, 0.3) is 16.8 Å². The number of halogens is 1. The normalized spacial score (nSPS) is 12.0. The number of aromatic nitrogens is 4. The minimum absolute atomic E-state index is 0.319. The molecule has 1 atom stereocenters. The van der Waals surface area contributed by atoms with Gasteiger partial charge in [-0.15, -0.1) is 5.10 Å². The number of carbonyl (C=O) groups is 1. The maximum atomic E-state index is 14.6. The van der Waals surface area contributed by atoms with Crippen LogP contribution >= 0.6 is 0 Å². The molecule has 1 unspecified atom stereocenters. The Kier molecular flexibility index (Phi) is 5.14. The van der Waals surface area contributed by atoms with Gasteiger partial charge in [0.05, 0.1) is 11.7 Å². The molecule has 0 fully saturated rings. The first-order valence-corrected chi connectivity index (χ1v) is 9.43. The highest BCUT2D eigenvalue weighted by molar-refractivity contribution is 5.96. The molecule has 152 valence electrons. The minimum Gasteiger partial charge on any atom is -0.464 e. The van der Waals surface area contributed by atoms with Crippen molar-refractivity contribution in [2.24, 2.45) is 0 Å². The molecule has 0 radical (unpaired) electrons. The molecule has 4 rings (SSSR count). The highest BCUT2D eigenvalue weighted by Gasteiger charge is 2.17. The molecular formula is C22H20FN5O2. The summed E-state index contributed by atoms with van der Waals surface area (Å²) in [5.74, 6) is 0.737. The summed E-state index contributed by atoms with van der Waals surface area (Å²) in [6, 6.07) is 13.4. The Balaban J connectivity index is 1.73. The summed E-state index contributed by atoms with van der Waals surface area (Å²) >= 11 is 0. The van der Waals surface area contributed by atoms with E-state index >= 15 is 0 Å². The lowest BCUT2D eigenvalue weighted by Gasteiger charge is -2.14. The van der Waals surface area contributed by atoms with Crippen molar-refractivity contribution in [3.8, 4) is 16.8 Å². The average Bonchev–Trinajstić information content (AvgIpc) is 3.39. The van der Waals surface area contributed by atoms with Crippen molar-refractivity contribution in [1.29, 1.82) is 0 Å². The van der Waals surface area contributed by atoms with Crippen LogP contribution in [0.15, 0.2) is 59.3 Å². The number of hydrogen-bond donors (Lipinski definition) is 1. The zero-order chi connectivity index (χ0) is 21.3. The van der Waals surface area contributed by atoms with Crippen LogP contribution in [-0.4, -0.2) is 26.1 Å². The molecule has 4 aromatic rings. The van der Waals surface area contributed by atoms with Crippen LogP contribution in [0.2, 0.25) is 0 Å². The lowest BCUT2D eigenvalue weighted by atomic mass is 9.99. The maximum absolute atomic E-state index is 14.6. The van der Waals surface area contributed by atoms with Crippen molar-refractivity contribution < 1.29 is 13.6 Å². The van der Waals surface area contributed by atoms with Crippen LogP contribution in [0.3, 0.4) is 0 Å². The number of hydrogen-bond acceptors (Lipinski definition) is 5. The predicted octanol–water partition coefficient (Wildman–Crippen LogP) is 4.17. The lowest BCUT2D eigenvalue weighted by molar-refractivity contribution is 0.0935. The van der Waals surface area contributed by atoms with Crippen LogP contribution in [-0.2, 0) is 0 Å². The summed E-state index contributed by atoms with van der Waals surface area (Å²) in [4.78, 5) is 13.0. The van der Waals surface area contributed by atoms with Crippen molar-refractivity contribution in [3.05, 3.63) is 83.3 Å². The van der Waals surface area contributed by atoms with E-state index in [-0.39, 0.29) is 17.8 Å². The van der Waals surface area contributed by atoms with Crippen LogP contribution in [0.5, 0.6) is 0 Å². The van der Waals surface area contributed by atoms with Crippen molar-refractivity contribution in [2.75, 3.05) is 0 Å². The van der Waals surface area contributed by atoms with Crippen molar-refractivity contribution in [1.82, 2.24) is 25.5 Å². The van der Waals surface area contributed by atoms with Gasteiger partial charge < -0.3 is 9.73 Å². The molecule has 30 heavy (non-hydrogen) atoms. The van der Waals surface area contributed by atoms with Crippen molar-refractivity contribution in [3.63, 3.8) is 0 Å². The van der Waals surface area contributed by atoms with Gasteiger partial charge in [-0.2, -0.15) is 0 Å². The zero-order valence-electron chi connectivity index (χ0n) is 16.8. The molecule has 8 heteroatoms. The molecule has 2 aromatic heterocycles. The fraction of sp³-hybridized carbons (Fsp3) is 0.182. The Morgan fingerprint density at radius 1 is 1.13 bits per heavy atom. The Morgan fingerprint density at radius 3 is 2.63 bits per heavy atom. The lowest BCUT2D eigenvalue weighted by Crippen LogP contribution is -2.26. The largest absolute Gasteiger partial charge is 0.464 e. The Morgan fingerprint density at radius 2 is 1.97 bits per heavy atom. The minimum atomic E-state index is -0.366. The summed E-state index contributed by atoms with van der Waals surface area (Å²) < 4.78 is 21.6. The second-order valence-electron chi connectivity index (χ2n) is 7.15. The second kappa shape index (κ2) is 7.90. The van der Waals surface area contributed by atoms with Gasteiger partial charge in [-0.25, -0.2) is 9.07 Å². The first-order valence-electron chi connectivity index (χ1n) is 9.43. The third kappa shape index (κ3) is 3.98. The maximum Gasteiger partial charge on any atom is 0.251 e. The number of nitrogens with one attached hydrogen (secondary N) is 1. The molecule has 0 aliphatic carbocycles. The van der Waals surface area contributed by atoms with Crippen LogP contribution in [0.4, 0.5) is 4.39 Å². The molecule has 0 aliphatic heterocycles. The number of benzene rings is 2. The number of amides is 1. The van der Waals surface area contributed by atoms with Gasteiger partial charge in [0, 0.05) is 11.1 Å². The predicted molar refractivity (Wildman–Crippen MR) is 109 cm³/mol. The number of tetrazole rings is 1. The van der Waals surface area contributed by atoms with E-state index in [9.17, 15) is 9.18 Å². The van der Waals surface area contributed by atoms with E-state index < -0.39 is 0 Å². The SMILES string of the molecule is Cc1ccc(-c2cc(C(=O)NC(C)c3ccc(C)o3)cc(-n3cnnn3)c2)c(F)c1. The molecule has 0 spiro atoms. The second-order valence-corrected chi connectivity index (χ2v) is 7.15. The number of furan rings is 1. The van der Waals surface area contributed by atoms with E-state index in [0.29, 0.717) is 28.1 Å². The van der Waals surface area contributed by atoms with E-state index in [1.165, 1.54) is 17.1 Å². The smallest absolute Gasteiger partial charge is 0.251 e. The number of aryl methyl sites for hydroxylation is 2.